The topological polar surface area (TPSA) is 78.4 Å². The molecule has 0 aliphatic carbocycles. The predicted octanol–water partition coefficient (Wildman–Crippen LogP) is 1.14. The predicted molar refractivity (Wildman–Crippen MR) is 56.0 cm³/mol. The van der Waals surface area contributed by atoms with Crippen LogP contribution in [0, 0.1) is 18.3 Å². The molecule has 2 aromatic rings. The van der Waals surface area contributed by atoms with Crippen LogP contribution in [0.1, 0.15) is 17.0 Å². The molecule has 5 nitrogen and oxygen atoms in total. The molecule has 0 atom stereocenters. The average Bonchev–Trinajstić information content (AvgIpc) is 2.61. The van der Waals surface area contributed by atoms with Gasteiger partial charge >= 0.3 is 5.97 Å². The van der Waals surface area contributed by atoms with Crippen molar-refractivity contribution >= 4 is 11.6 Å². The fourth-order valence-corrected chi connectivity index (χ4v) is 1.60. The minimum absolute atomic E-state index is 0.108. The van der Waals surface area contributed by atoms with Gasteiger partial charge < -0.3 is 9.51 Å². The molecule has 0 aromatic carbocycles. The van der Waals surface area contributed by atoms with E-state index in [-0.39, 0.29) is 6.42 Å². The van der Waals surface area contributed by atoms with Crippen molar-refractivity contribution < 1.29 is 9.90 Å². The zero-order valence-corrected chi connectivity index (χ0v) is 8.64. The first-order valence-electron chi connectivity index (χ1n) is 4.71. The molecule has 0 bridgehead atoms. The Hall–Kier alpha value is -2.35. The van der Waals surface area contributed by atoms with Gasteiger partial charge in [0, 0.05) is 11.9 Å². The third-order valence-electron chi connectivity index (χ3n) is 2.39. The van der Waals surface area contributed by atoms with Gasteiger partial charge in [-0.15, -0.1) is 0 Å². The van der Waals surface area contributed by atoms with Crippen LogP contribution in [0.2, 0.25) is 0 Å². The minimum Gasteiger partial charge on any atom is -0.481 e. The second kappa shape index (κ2) is 3.66. The summed E-state index contributed by atoms with van der Waals surface area (Å²) < 4.78 is 1.73. The first-order chi connectivity index (χ1) is 7.61. The molecule has 1 N–H and O–H groups in total. The maximum atomic E-state index is 10.6. The van der Waals surface area contributed by atoms with Crippen LogP contribution in [0.4, 0.5) is 0 Å². The summed E-state index contributed by atoms with van der Waals surface area (Å²) in [5.74, 6) is -0.915. The lowest BCUT2D eigenvalue weighted by Crippen LogP contribution is -1.99. The molecule has 80 valence electrons. The minimum atomic E-state index is -0.915. The van der Waals surface area contributed by atoms with Crippen molar-refractivity contribution in [1.82, 2.24) is 9.38 Å². The van der Waals surface area contributed by atoms with Crippen LogP contribution in [0.25, 0.3) is 5.65 Å². The number of aromatic nitrogens is 2. The van der Waals surface area contributed by atoms with Gasteiger partial charge in [0.1, 0.15) is 11.7 Å². The smallest absolute Gasteiger partial charge is 0.309 e. The Morgan fingerprint density at radius 2 is 2.38 bits per heavy atom. The summed E-state index contributed by atoms with van der Waals surface area (Å²) in [6.07, 6.45) is 1.54. The van der Waals surface area contributed by atoms with Gasteiger partial charge in [-0.3, -0.25) is 4.79 Å². The Labute approximate surface area is 91.6 Å². The third kappa shape index (κ3) is 1.61. The van der Waals surface area contributed by atoms with Crippen LogP contribution >= 0.6 is 0 Å². The molecule has 2 rings (SSSR count). The standard InChI is InChI=1S/C11H9N3O2/c1-7-8(5-12)2-3-10-13-9(4-11(15)16)6-14(7)10/h2-3,6H,4H2,1H3,(H,15,16). The van der Waals surface area contributed by atoms with E-state index in [4.69, 9.17) is 10.4 Å². The number of carboxylic acid groups (broad SMARTS) is 1. The molecule has 2 heterocycles. The highest BCUT2D eigenvalue weighted by Gasteiger charge is 2.08. The monoisotopic (exact) mass is 215 g/mol. The number of rotatable bonds is 2. The molecule has 0 saturated carbocycles. The molecule has 0 unspecified atom stereocenters. The van der Waals surface area contributed by atoms with Crippen LogP contribution < -0.4 is 0 Å². The van der Waals surface area contributed by atoms with E-state index in [1.54, 1.807) is 29.7 Å². The Morgan fingerprint density at radius 1 is 1.62 bits per heavy atom. The number of pyridine rings is 1. The summed E-state index contributed by atoms with van der Waals surface area (Å²) >= 11 is 0. The summed E-state index contributed by atoms with van der Waals surface area (Å²) in [6.45, 7) is 1.80. The summed E-state index contributed by atoms with van der Waals surface area (Å²) in [7, 11) is 0. The van der Waals surface area contributed by atoms with Crippen molar-refractivity contribution in [2.24, 2.45) is 0 Å². The van der Waals surface area contributed by atoms with Gasteiger partial charge in [0.2, 0.25) is 0 Å². The SMILES string of the molecule is Cc1c(C#N)ccc2nc(CC(=O)O)cn12. The number of aryl methyl sites for hydroxylation is 1. The maximum absolute atomic E-state index is 10.6. The number of imidazole rings is 1. The first kappa shape index (κ1) is 10.2. The zero-order chi connectivity index (χ0) is 11.7. The number of nitriles is 1. The summed E-state index contributed by atoms with van der Waals surface area (Å²) in [5.41, 5.74) is 2.48. The highest BCUT2D eigenvalue weighted by atomic mass is 16.4. The van der Waals surface area contributed by atoms with Crippen molar-refractivity contribution in [2.75, 3.05) is 0 Å². The van der Waals surface area contributed by atoms with Gasteiger partial charge in [0.05, 0.1) is 17.7 Å². The van der Waals surface area contributed by atoms with Gasteiger partial charge in [-0.2, -0.15) is 5.26 Å². The normalized spacial score (nSPS) is 10.2. The molecule has 16 heavy (non-hydrogen) atoms. The highest BCUT2D eigenvalue weighted by molar-refractivity contribution is 5.70. The van der Waals surface area contributed by atoms with E-state index in [1.165, 1.54) is 0 Å². The lowest BCUT2D eigenvalue weighted by Gasteiger charge is -2.00. The second-order valence-electron chi connectivity index (χ2n) is 3.48. The van der Waals surface area contributed by atoms with Gasteiger partial charge in [-0.05, 0) is 19.1 Å². The van der Waals surface area contributed by atoms with Crippen LogP contribution in [0.5, 0.6) is 0 Å². The van der Waals surface area contributed by atoms with Gasteiger partial charge in [0.25, 0.3) is 0 Å². The first-order valence-corrected chi connectivity index (χ1v) is 4.71. The van der Waals surface area contributed by atoms with Crippen LogP contribution in [-0.2, 0) is 11.2 Å². The van der Waals surface area contributed by atoms with E-state index in [0.29, 0.717) is 16.9 Å². The summed E-state index contributed by atoms with van der Waals surface area (Å²) in [6, 6.07) is 5.46. The van der Waals surface area contributed by atoms with Crippen molar-refractivity contribution in [2.45, 2.75) is 13.3 Å². The van der Waals surface area contributed by atoms with Crippen molar-refractivity contribution in [3.63, 3.8) is 0 Å². The zero-order valence-electron chi connectivity index (χ0n) is 8.64. The van der Waals surface area contributed by atoms with Crippen molar-refractivity contribution in [1.29, 1.82) is 5.26 Å². The lowest BCUT2D eigenvalue weighted by atomic mass is 10.2. The quantitative estimate of drug-likeness (QED) is 0.814. The van der Waals surface area contributed by atoms with Gasteiger partial charge in [0.15, 0.2) is 0 Å². The summed E-state index contributed by atoms with van der Waals surface area (Å²) in [5, 5.41) is 17.5. The molecule has 0 radical (unpaired) electrons. The number of carbonyl (C=O) groups is 1. The molecular weight excluding hydrogens is 206 g/mol. The fourth-order valence-electron chi connectivity index (χ4n) is 1.60. The molecular formula is C11H9N3O2. The molecule has 5 heteroatoms. The average molecular weight is 215 g/mol. The fraction of sp³-hybridized carbons (Fsp3) is 0.182. The largest absolute Gasteiger partial charge is 0.481 e. The number of fused-ring (bicyclic) bond motifs is 1. The summed E-state index contributed by atoms with van der Waals surface area (Å²) in [4.78, 5) is 14.7. The highest BCUT2D eigenvalue weighted by Crippen LogP contribution is 2.12. The van der Waals surface area contributed by atoms with Crippen molar-refractivity contribution in [3.05, 3.63) is 35.3 Å². The number of nitrogens with zero attached hydrogens (tertiary/aromatic N) is 3. The Bertz CT molecular complexity index is 607. The van der Waals surface area contributed by atoms with E-state index < -0.39 is 5.97 Å². The molecule has 0 spiro atoms. The number of carboxylic acids is 1. The van der Waals surface area contributed by atoms with E-state index in [0.717, 1.165) is 5.69 Å². The van der Waals surface area contributed by atoms with E-state index in [1.807, 2.05) is 0 Å². The molecule has 0 fully saturated rings. The Balaban J connectivity index is 2.58. The molecule has 0 amide bonds. The van der Waals surface area contributed by atoms with Crippen LogP contribution in [0.3, 0.4) is 0 Å². The Kier molecular flexibility index (Phi) is 2.33. The Morgan fingerprint density at radius 3 is 3.00 bits per heavy atom. The van der Waals surface area contributed by atoms with Crippen LogP contribution in [0.15, 0.2) is 18.3 Å². The molecule has 0 aliphatic rings. The lowest BCUT2D eigenvalue weighted by molar-refractivity contribution is -0.136. The number of hydrogen-bond donors (Lipinski definition) is 1. The van der Waals surface area contributed by atoms with E-state index >= 15 is 0 Å². The van der Waals surface area contributed by atoms with Crippen LogP contribution in [-0.4, -0.2) is 20.5 Å². The van der Waals surface area contributed by atoms with E-state index in [9.17, 15) is 4.79 Å². The number of aliphatic carboxylic acids is 1. The van der Waals surface area contributed by atoms with Crippen molar-refractivity contribution in [3.8, 4) is 6.07 Å². The van der Waals surface area contributed by atoms with Gasteiger partial charge in [-0.25, -0.2) is 4.98 Å². The second-order valence-corrected chi connectivity index (χ2v) is 3.48. The molecule has 0 saturated heterocycles. The molecule has 0 aliphatic heterocycles. The maximum Gasteiger partial charge on any atom is 0.309 e. The van der Waals surface area contributed by atoms with Gasteiger partial charge in [-0.1, -0.05) is 0 Å². The molecule has 2 aromatic heterocycles. The third-order valence-corrected chi connectivity index (χ3v) is 2.39. The number of hydrogen-bond acceptors (Lipinski definition) is 3. The van der Waals surface area contributed by atoms with E-state index in [2.05, 4.69) is 11.1 Å².